The maximum Gasteiger partial charge on any atom is 0.136 e. The van der Waals surface area contributed by atoms with Crippen molar-refractivity contribution in [2.45, 2.75) is 6.42 Å². The van der Waals surface area contributed by atoms with E-state index < -0.39 is 0 Å². The maximum absolute atomic E-state index is 5.40. The number of rotatable bonds is 1. The molecule has 0 spiro atoms. The third-order valence-electron chi connectivity index (χ3n) is 2.60. The number of aromatic amines is 1. The molecule has 0 unspecified atom stereocenters. The molecule has 1 aromatic heterocycles. The van der Waals surface area contributed by atoms with E-state index in [1.54, 1.807) is 0 Å². The Balaban J connectivity index is 2.07. The summed E-state index contributed by atoms with van der Waals surface area (Å²) in [5, 5.41) is 0. The van der Waals surface area contributed by atoms with Crippen LogP contribution in [0.3, 0.4) is 0 Å². The van der Waals surface area contributed by atoms with Crippen LogP contribution in [0.1, 0.15) is 12.2 Å². The Morgan fingerprint density at radius 3 is 3.00 bits per heavy atom. The Kier molecular flexibility index (Phi) is 2.03. The fourth-order valence-corrected chi connectivity index (χ4v) is 1.83. The van der Waals surface area contributed by atoms with E-state index in [2.05, 4.69) is 16.0 Å². The number of hydrogen-bond donors (Lipinski definition) is 1. The quantitative estimate of drug-likeness (QED) is 0.767. The van der Waals surface area contributed by atoms with Crippen molar-refractivity contribution in [3.63, 3.8) is 0 Å². The van der Waals surface area contributed by atoms with Crippen LogP contribution in [0.5, 0.6) is 0 Å². The minimum Gasteiger partial charge on any atom is -0.376 e. The van der Waals surface area contributed by atoms with Gasteiger partial charge in [-0.3, -0.25) is 0 Å². The lowest BCUT2D eigenvalue weighted by atomic mass is 10.2. The van der Waals surface area contributed by atoms with E-state index in [9.17, 15) is 0 Å². The number of aromatic nitrogens is 2. The van der Waals surface area contributed by atoms with Crippen LogP contribution in [0.15, 0.2) is 30.3 Å². The van der Waals surface area contributed by atoms with E-state index in [0.29, 0.717) is 6.61 Å². The zero-order valence-corrected chi connectivity index (χ0v) is 8.36. The average Bonchev–Trinajstić information content (AvgIpc) is 2.74. The number of benzene rings is 1. The van der Waals surface area contributed by atoms with Gasteiger partial charge in [0.1, 0.15) is 5.82 Å². The summed E-state index contributed by atoms with van der Waals surface area (Å²) in [5.41, 5.74) is 3.26. The number of H-pyrrole nitrogens is 1. The van der Waals surface area contributed by atoms with Crippen LogP contribution in [-0.4, -0.2) is 23.2 Å². The highest BCUT2D eigenvalue weighted by Gasteiger charge is 2.10. The Morgan fingerprint density at radius 1 is 1.27 bits per heavy atom. The van der Waals surface area contributed by atoms with Crippen LogP contribution < -0.4 is 0 Å². The molecular weight excluding hydrogens is 188 g/mol. The molecule has 0 radical (unpaired) electrons. The number of para-hydroxylation sites is 2. The van der Waals surface area contributed by atoms with Crippen LogP contribution in [0.4, 0.5) is 0 Å². The highest BCUT2D eigenvalue weighted by molar-refractivity contribution is 5.78. The first-order valence-electron chi connectivity index (χ1n) is 5.15. The molecule has 0 atom stereocenters. The monoisotopic (exact) mass is 200 g/mol. The third kappa shape index (κ3) is 1.55. The lowest BCUT2D eigenvalue weighted by molar-refractivity contribution is 0.164. The highest BCUT2D eigenvalue weighted by atomic mass is 16.5. The van der Waals surface area contributed by atoms with Crippen molar-refractivity contribution >= 4 is 16.6 Å². The van der Waals surface area contributed by atoms with Crippen LogP contribution in [0, 0.1) is 0 Å². The predicted octanol–water partition coefficient (Wildman–Crippen LogP) is 2.37. The highest BCUT2D eigenvalue weighted by Crippen LogP contribution is 2.19. The minimum atomic E-state index is 0.666. The van der Waals surface area contributed by atoms with Gasteiger partial charge in [0.15, 0.2) is 0 Å². The van der Waals surface area contributed by atoms with Gasteiger partial charge in [0.2, 0.25) is 0 Å². The molecule has 0 fully saturated rings. The molecule has 76 valence electrons. The smallest absolute Gasteiger partial charge is 0.136 e. The molecule has 15 heavy (non-hydrogen) atoms. The van der Waals surface area contributed by atoms with Crippen LogP contribution in [0.2, 0.25) is 0 Å². The average molecular weight is 200 g/mol. The lowest BCUT2D eigenvalue weighted by Crippen LogP contribution is -2.05. The first-order chi connectivity index (χ1) is 7.43. The van der Waals surface area contributed by atoms with Gasteiger partial charge >= 0.3 is 0 Å². The number of fused-ring (bicyclic) bond motifs is 1. The number of imidazole rings is 1. The molecule has 3 heteroatoms. The van der Waals surface area contributed by atoms with Gasteiger partial charge in [-0.25, -0.2) is 4.98 Å². The molecule has 3 rings (SSSR count). The van der Waals surface area contributed by atoms with Crippen LogP contribution in [-0.2, 0) is 4.74 Å². The van der Waals surface area contributed by atoms with Crippen molar-refractivity contribution in [3.8, 4) is 0 Å². The van der Waals surface area contributed by atoms with Gasteiger partial charge in [0.25, 0.3) is 0 Å². The molecule has 2 heterocycles. The fraction of sp³-hybridized carbons (Fsp3) is 0.250. The van der Waals surface area contributed by atoms with Crippen molar-refractivity contribution in [1.82, 2.24) is 9.97 Å². The summed E-state index contributed by atoms with van der Waals surface area (Å²) in [5.74, 6) is 0.941. The molecule has 1 aliphatic rings. The first kappa shape index (κ1) is 8.68. The summed E-state index contributed by atoms with van der Waals surface area (Å²) in [6, 6.07) is 8.06. The van der Waals surface area contributed by atoms with Gasteiger partial charge in [-0.2, -0.15) is 0 Å². The normalized spacial score (nSPS) is 16.7. The van der Waals surface area contributed by atoms with E-state index in [0.717, 1.165) is 35.5 Å². The molecular formula is C12H12N2O. The molecule has 0 saturated carbocycles. The molecule has 0 amide bonds. The Bertz CT molecular complexity index is 480. The summed E-state index contributed by atoms with van der Waals surface area (Å²) in [6.07, 6.45) is 3.17. The molecule has 1 aliphatic heterocycles. The summed E-state index contributed by atoms with van der Waals surface area (Å²) in [7, 11) is 0. The third-order valence-corrected chi connectivity index (χ3v) is 2.60. The number of hydrogen-bond acceptors (Lipinski definition) is 2. The minimum absolute atomic E-state index is 0.666. The van der Waals surface area contributed by atoms with E-state index in [-0.39, 0.29) is 0 Å². The topological polar surface area (TPSA) is 37.9 Å². The second kappa shape index (κ2) is 3.51. The largest absolute Gasteiger partial charge is 0.376 e. The maximum atomic E-state index is 5.40. The summed E-state index contributed by atoms with van der Waals surface area (Å²) >= 11 is 0. The van der Waals surface area contributed by atoms with Crippen molar-refractivity contribution < 1.29 is 4.74 Å². The van der Waals surface area contributed by atoms with Crippen molar-refractivity contribution in [2.75, 3.05) is 13.2 Å². The Labute approximate surface area is 87.8 Å². The van der Waals surface area contributed by atoms with Gasteiger partial charge in [-0.1, -0.05) is 18.2 Å². The van der Waals surface area contributed by atoms with E-state index in [1.807, 2.05) is 24.3 Å². The predicted molar refractivity (Wildman–Crippen MR) is 59.5 cm³/mol. The van der Waals surface area contributed by atoms with Gasteiger partial charge in [0, 0.05) is 5.57 Å². The molecule has 0 saturated heterocycles. The van der Waals surface area contributed by atoms with Gasteiger partial charge < -0.3 is 9.72 Å². The SMILES string of the molecule is C1=C(c2nc3ccccc3[nH]2)COCC1. The van der Waals surface area contributed by atoms with Gasteiger partial charge in [-0.05, 0) is 18.6 Å². The summed E-state index contributed by atoms with van der Waals surface area (Å²) in [6.45, 7) is 1.49. The van der Waals surface area contributed by atoms with Crippen LogP contribution >= 0.6 is 0 Å². The molecule has 2 aromatic rings. The van der Waals surface area contributed by atoms with Gasteiger partial charge in [-0.15, -0.1) is 0 Å². The van der Waals surface area contributed by atoms with Crippen molar-refractivity contribution in [2.24, 2.45) is 0 Å². The van der Waals surface area contributed by atoms with E-state index in [1.165, 1.54) is 0 Å². The Hall–Kier alpha value is -1.61. The number of ether oxygens (including phenoxy) is 1. The second-order valence-corrected chi connectivity index (χ2v) is 3.67. The van der Waals surface area contributed by atoms with Crippen molar-refractivity contribution in [3.05, 3.63) is 36.2 Å². The second-order valence-electron chi connectivity index (χ2n) is 3.67. The fourth-order valence-electron chi connectivity index (χ4n) is 1.83. The lowest BCUT2D eigenvalue weighted by Gasteiger charge is -2.10. The molecule has 1 aromatic carbocycles. The molecule has 0 bridgehead atoms. The number of nitrogens with zero attached hydrogens (tertiary/aromatic N) is 1. The zero-order valence-electron chi connectivity index (χ0n) is 8.36. The zero-order chi connectivity index (χ0) is 10.1. The molecule has 1 N–H and O–H groups in total. The van der Waals surface area contributed by atoms with Crippen LogP contribution in [0.25, 0.3) is 16.6 Å². The summed E-state index contributed by atoms with van der Waals surface area (Å²) < 4.78 is 5.40. The van der Waals surface area contributed by atoms with E-state index >= 15 is 0 Å². The standard InChI is InChI=1S/C12H12N2O/c1-2-6-11-10(5-1)13-12(14-11)9-4-3-7-15-8-9/h1-2,4-6H,3,7-8H2,(H,13,14). The van der Waals surface area contributed by atoms with Crippen molar-refractivity contribution in [1.29, 1.82) is 0 Å². The van der Waals surface area contributed by atoms with E-state index in [4.69, 9.17) is 4.74 Å². The molecule has 0 aliphatic carbocycles. The van der Waals surface area contributed by atoms with Gasteiger partial charge in [0.05, 0.1) is 24.2 Å². The number of nitrogens with one attached hydrogen (secondary N) is 1. The molecule has 3 nitrogen and oxygen atoms in total. The first-order valence-corrected chi connectivity index (χ1v) is 5.15. The Morgan fingerprint density at radius 2 is 2.20 bits per heavy atom. The summed E-state index contributed by atoms with van der Waals surface area (Å²) in [4.78, 5) is 7.84.